The molecule has 0 bridgehead atoms. The fourth-order valence-electron chi connectivity index (χ4n) is 5.62. The highest BCUT2D eigenvalue weighted by atomic mass is 16.5. The summed E-state index contributed by atoms with van der Waals surface area (Å²) in [7, 11) is 1.69. The van der Waals surface area contributed by atoms with E-state index in [0.717, 1.165) is 45.1 Å². The second kappa shape index (κ2) is 13.0. The lowest BCUT2D eigenvalue weighted by Crippen LogP contribution is -2.41. The minimum atomic E-state index is 0.0396. The molecule has 0 unspecified atom stereocenters. The number of nitrogens with zero attached hydrogens (tertiary/aromatic N) is 2. The van der Waals surface area contributed by atoms with Crippen molar-refractivity contribution in [2.45, 2.75) is 31.7 Å². The second-order valence-corrected chi connectivity index (χ2v) is 10.4. The van der Waals surface area contributed by atoms with Crippen LogP contribution in [0.25, 0.3) is 10.9 Å². The number of carbonyl (C=O) groups excluding carboxylic acids is 1. The third-order valence-corrected chi connectivity index (χ3v) is 7.92. The van der Waals surface area contributed by atoms with E-state index in [1.165, 1.54) is 27.6 Å². The van der Waals surface area contributed by atoms with Crippen LogP contribution in [0.15, 0.2) is 85.1 Å². The summed E-state index contributed by atoms with van der Waals surface area (Å²) in [5.74, 6) is 1.17. The molecule has 1 fully saturated rings. The topological polar surface area (TPSA) is 55.7 Å². The minimum Gasteiger partial charge on any atom is -0.497 e. The predicted octanol–water partition coefficient (Wildman–Crippen LogP) is 5.42. The quantitative estimate of drug-likeness (QED) is 0.284. The molecule has 1 aliphatic heterocycles. The van der Waals surface area contributed by atoms with Crippen molar-refractivity contribution in [3.05, 3.63) is 102 Å². The highest BCUT2D eigenvalue weighted by Crippen LogP contribution is 2.40. The van der Waals surface area contributed by atoms with Gasteiger partial charge in [-0.2, -0.15) is 0 Å². The summed E-state index contributed by atoms with van der Waals surface area (Å²) in [5.41, 5.74) is 4.85. The lowest BCUT2D eigenvalue weighted by atomic mass is 9.80. The van der Waals surface area contributed by atoms with Crippen molar-refractivity contribution in [1.82, 2.24) is 14.8 Å². The molecular weight excluding hydrogens is 486 g/mol. The molecule has 204 valence electrons. The van der Waals surface area contributed by atoms with Crippen molar-refractivity contribution in [1.29, 1.82) is 0 Å². The Hall–Kier alpha value is -3.61. The Morgan fingerprint density at radius 3 is 2.44 bits per heavy atom. The standard InChI is InChI=1S/C33H39N3O3/c1-25(27-8-4-3-5-9-27)30(22-33(37)34-16-17-35-18-20-39-21-19-35)31-24-36(32-11-7-6-10-29(31)32)23-26-12-14-28(38-2)15-13-26/h3-15,24-25,30H,16-23H2,1-2H3,(H,34,37)/t25-,30-/m1/s1. The van der Waals surface area contributed by atoms with Gasteiger partial charge in [-0.05, 0) is 40.8 Å². The van der Waals surface area contributed by atoms with Crippen molar-refractivity contribution < 1.29 is 14.3 Å². The molecule has 39 heavy (non-hydrogen) atoms. The fourth-order valence-corrected chi connectivity index (χ4v) is 5.62. The van der Waals surface area contributed by atoms with Crippen molar-refractivity contribution in [2.75, 3.05) is 46.5 Å². The highest BCUT2D eigenvalue weighted by Gasteiger charge is 2.27. The number of aromatic nitrogens is 1. The monoisotopic (exact) mass is 525 g/mol. The van der Waals surface area contributed by atoms with Gasteiger partial charge in [-0.1, -0.05) is 67.6 Å². The van der Waals surface area contributed by atoms with Gasteiger partial charge in [0, 0.05) is 62.2 Å². The molecule has 1 aromatic heterocycles. The number of ether oxygens (including phenoxy) is 2. The first kappa shape index (κ1) is 27.0. The number of hydrogen-bond acceptors (Lipinski definition) is 4. The zero-order valence-corrected chi connectivity index (χ0v) is 23.0. The van der Waals surface area contributed by atoms with Crippen molar-refractivity contribution in [3.63, 3.8) is 0 Å². The van der Waals surface area contributed by atoms with E-state index in [0.29, 0.717) is 13.0 Å². The van der Waals surface area contributed by atoms with Gasteiger partial charge in [-0.3, -0.25) is 9.69 Å². The van der Waals surface area contributed by atoms with E-state index < -0.39 is 0 Å². The number of benzene rings is 3. The smallest absolute Gasteiger partial charge is 0.220 e. The lowest BCUT2D eigenvalue weighted by Gasteiger charge is -2.27. The summed E-state index contributed by atoms with van der Waals surface area (Å²) >= 11 is 0. The van der Waals surface area contributed by atoms with E-state index in [-0.39, 0.29) is 17.7 Å². The van der Waals surface area contributed by atoms with E-state index in [1.54, 1.807) is 7.11 Å². The van der Waals surface area contributed by atoms with Crippen LogP contribution < -0.4 is 10.1 Å². The molecule has 6 heteroatoms. The first-order chi connectivity index (χ1) is 19.1. The van der Waals surface area contributed by atoms with Crippen molar-refractivity contribution in [2.24, 2.45) is 0 Å². The van der Waals surface area contributed by atoms with Gasteiger partial charge in [-0.25, -0.2) is 0 Å². The van der Waals surface area contributed by atoms with E-state index in [2.05, 4.69) is 88.6 Å². The Balaban J connectivity index is 1.41. The first-order valence-electron chi connectivity index (χ1n) is 13.9. The van der Waals surface area contributed by atoms with Gasteiger partial charge in [0.25, 0.3) is 0 Å². The summed E-state index contributed by atoms with van der Waals surface area (Å²) in [4.78, 5) is 15.7. The third kappa shape index (κ3) is 6.70. The molecule has 1 saturated heterocycles. The Bertz CT molecular complexity index is 1340. The van der Waals surface area contributed by atoms with E-state index in [1.807, 2.05) is 18.2 Å². The summed E-state index contributed by atoms with van der Waals surface area (Å²) in [6, 6.07) is 27.3. The molecule has 6 nitrogen and oxygen atoms in total. The maximum atomic E-state index is 13.3. The molecule has 1 aliphatic rings. The van der Waals surface area contributed by atoms with Crippen molar-refractivity contribution in [3.8, 4) is 5.75 Å². The number of fused-ring (bicyclic) bond motifs is 1. The largest absolute Gasteiger partial charge is 0.497 e. The molecule has 2 atom stereocenters. The fraction of sp³-hybridized carbons (Fsp3) is 0.364. The summed E-state index contributed by atoms with van der Waals surface area (Å²) in [6.45, 7) is 7.91. The van der Waals surface area contributed by atoms with Crippen LogP contribution in [-0.4, -0.2) is 61.9 Å². The average Bonchev–Trinajstić information content (AvgIpc) is 3.35. The van der Waals surface area contributed by atoms with Crippen LogP contribution in [0.1, 0.15) is 41.9 Å². The van der Waals surface area contributed by atoms with Crippen LogP contribution in [0.3, 0.4) is 0 Å². The lowest BCUT2D eigenvalue weighted by molar-refractivity contribution is -0.121. The third-order valence-electron chi connectivity index (χ3n) is 7.92. The summed E-state index contributed by atoms with van der Waals surface area (Å²) in [6.07, 6.45) is 2.70. The molecular formula is C33H39N3O3. The number of morpholine rings is 1. The van der Waals surface area contributed by atoms with Gasteiger partial charge in [0.1, 0.15) is 5.75 Å². The van der Waals surface area contributed by atoms with E-state index in [9.17, 15) is 4.79 Å². The van der Waals surface area contributed by atoms with Crippen LogP contribution in [0.5, 0.6) is 5.75 Å². The SMILES string of the molecule is COc1ccc(Cn2cc([C@H](CC(=O)NCCN3CCOCC3)[C@H](C)c3ccccc3)c3ccccc32)cc1. The molecule has 2 heterocycles. The number of carbonyl (C=O) groups is 1. The molecule has 0 saturated carbocycles. The molecule has 3 aromatic carbocycles. The maximum Gasteiger partial charge on any atom is 0.220 e. The molecule has 0 aliphatic carbocycles. The Morgan fingerprint density at radius 1 is 0.974 bits per heavy atom. The predicted molar refractivity (Wildman–Crippen MR) is 157 cm³/mol. The molecule has 0 radical (unpaired) electrons. The van der Waals surface area contributed by atoms with Gasteiger partial charge in [-0.15, -0.1) is 0 Å². The van der Waals surface area contributed by atoms with Gasteiger partial charge < -0.3 is 19.4 Å². The zero-order valence-electron chi connectivity index (χ0n) is 23.0. The molecule has 0 spiro atoms. The van der Waals surface area contributed by atoms with Gasteiger partial charge in [0.15, 0.2) is 0 Å². The number of methoxy groups -OCH3 is 1. The summed E-state index contributed by atoms with van der Waals surface area (Å²) < 4.78 is 13.1. The highest BCUT2D eigenvalue weighted by molar-refractivity contribution is 5.86. The Labute approximate surface area is 231 Å². The average molecular weight is 526 g/mol. The normalized spacial score (nSPS) is 15.6. The number of hydrogen-bond donors (Lipinski definition) is 1. The van der Waals surface area contributed by atoms with Gasteiger partial charge in [0.2, 0.25) is 5.91 Å². The number of nitrogens with one attached hydrogen (secondary N) is 1. The molecule has 1 N–H and O–H groups in total. The van der Waals surface area contributed by atoms with Crippen LogP contribution in [0, 0.1) is 0 Å². The second-order valence-electron chi connectivity index (χ2n) is 10.4. The van der Waals surface area contributed by atoms with Crippen LogP contribution in [-0.2, 0) is 16.1 Å². The minimum absolute atomic E-state index is 0.0396. The Kier molecular flexibility index (Phi) is 8.96. The first-order valence-corrected chi connectivity index (χ1v) is 13.9. The molecule has 4 aromatic rings. The maximum absolute atomic E-state index is 13.3. The number of amides is 1. The molecule has 5 rings (SSSR count). The van der Waals surface area contributed by atoms with Gasteiger partial charge >= 0.3 is 0 Å². The summed E-state index contributed by atoms with van der Waals surface area (Å²) in [5, 5.41) is 4.41. The van der Waals surface area contributed by atoms with Crippen LogP contribution >= 0.6 is 0 Å². The number of para-hydroxylation sites is 1. The van der Waals surface area contributed by atoms with E-state index in [4.69, 9.17) is 9.47 Å². The number of rotatable bonds is 11. The van der Waals surface area contributed by atoms with E-state index >= 15 is 0 Å². The molecule has 1 amide bonds. The van der Waals surface area contributed by atoms with Gasteiger partial charge in [0.05, 0.1) is 20.3 Å². The van der Waals surface area contributed by atoms with Crippen molar-refractivity contribution >= 4 is 16.8 Å². The van der Waals surface area contributed by atoms with Crippen LogP contribution in [0.2, 0.25) is 0 Å². The van der Waals surface area contributed by atoms with Crippen LogP contribution in [0.4, 0.5) is 0 Å². The Morgan fingerprint density at radius 2 is 1.69 bits per heavy atom. The zero-order chi connectivity index (χ0) is 27.0.